The van der Waals surface area contributed by atoms with E-state index in [2.05, 4.69) is 0 Å². The van der Waals surface area contributed by atoms with Crippen LogP contribution in [0, 0.1) is 0 Å². The second kappa shape index (κ2) is 3.40. The number of nitrogens with two attached hydrogens (primary N) is 1. The molecule has 76 valence electrons. The van der Waals surface area contributed by atoms with Gasteiger partial charge in [-0.1, -0.05) is 11.6 Å². The highest BCUT2D eigenvalue weighted by atomic mass is 35.5. The Morgan fingerprint density at radius 1 is 1.27 bits per heavy atom. The summed E-state index contributed by atoms with van der Waals surface area (Å²) in [6.07, 6.45) is 0. The highest BCUT2D eigenvalue weighted by Gasteiger charge is 2.17. The Morgan fingerprint density at radius 2 is 2.00 bits per heavy atom. The molecule has 0 atom stereocenters. The minimum absolute atomic E-state index is 0.0697. The monoisotopic (exact) mass is 223 g/mol. The smallest absolute Gasteiger partial charge is 0.293 e. The lowest BCUT2D eigenvalue weighted by atomic mass is 10.2. The van der Waals surface area contributed by atoms with Gasteiger partial charge in [-0.3, -0.25) is 9.59 Å². The average Bonchev–Trinajstić information content (AvgIpc) is 2.58. The summed E-state index contributed by atoms with van der Waals surface area (Å²) in [4.78, 5) is 21.8. The van der Waals surface area contributed by atoms with Crippen LogP contribution in [-0.2, 0) is 4.79 Å². The van der Waals surface area contributed by atoms with E-state index in [9.17, 15) is 9.59 Å². The van der Waals surface area contributed by atoms with Gasteiger partial charge < -0.3 is 10.2 Å². The van der Waals surface area contributed by atoms with Gasteiger partial charge in [-0.15, -0.1) is 0 Å². The minimum atomic E-state index is -1.04. The number of carbonyl (C=O) groups is 2. The summed E-state index contributed by atoms with van der Waals surface area (Å²) >= 11 is 5.73. The first-order chi connectivity index (χ1) is 7.08. The summed E-state index contributed by atoms with van der Waals surface area (Å²) in [5, 5.41) is 1.19. The fourth-order valence-electron chi connectivity index (χ4n) is 1.24. The summed E-state index contributed by atoms with van der Waals surface area (Å²) in [6.45, 7) is 0. The van der Waals surface area contributed by atoms with Crippen LogP contribution in [0.5, 0.6) is 0 Å². The van der Waals surface area contributed by atoms with Crippen LogP contribution in [0.4, 0.5) is 0 Å². The van der Waals surface area contributed by atoms with E-state index < -0.39 is 11.7 Å². The zero-order valence-electron chi connectivity index (χ0n) is 7.49. The molecule has 0 radical (unpaired) electrons. The number of hydrogen-bond acceptors (Lipinski definition) is 3. The van der Waals surface area contributed by atoms with E-state index in [0.29, 0.717) is 16.0 Å². The molecule has 0 aliphatic carbocycles. The molecule has 0 saturated carbocycles. The molecule has 0 aliphatic heterocycles. The van der Waals surface area contributed by atoms with Gasteiger partial charge in [0.25, 0.3) is 11.7 Å². The number of carbonyl (C=O) groups excluding carboxylic acids is 2. The lowest BCUT2D eigenvalue weighted by Crippen LogP contribution is -2.22. The van der Waals surface area contributed by atoms with Crippen molar-refractivity contribution in [1.82, 2.24) is 0 Å². The molecule has 2 aromatic rings. The number of amides is 1. The van der Waals surface area contributed by atoms with Crippen molar-refractivity contribution in [1.29, 1.82) is 0 Å². The normalized spacial score (nSPS) is 10.5. The Hall–Kier alpha value is -1.81. The quantitative estimate of drug-likeness (QED) is 0.623. The Bertz CT molecular complexity index is 559. The fourth-order valence-corrected chi connectivity index (χ4v) is 1.40. The van der Waals surface area contributed by atoms with E-state index in [0.717, 1.165) is 0 Å². The maximum atomic E-state index is 11.2. The Balaban J connectivity index is 2.56. The number of halogens is 1. The van der Waals surface area contributed by atoms with Crippen molar-refractivity contribution >= 4 is 34.3 Å². The van der Waals surface area contributed by atoms with Crippen LogP contribution in [-0.4, -0.2) is 11.7 Å². The zero-order valence-corrected chi connectivity index (χ0v) is 8.25. The molecule has 15 heavy (non-hydrogen) atoms. The van der Waals surface area contributed by atoms with Crippen LogP contribution in [0.2, 0.25) is 5.02 Å². The lowest BCUT2D eigenvalue weighted by molar-refractivity contribution is -0.114. The third-order valence-electron chi connectivity index (χ3n) is 1.93. The maximum absolute atomic E-state index is 11.2. The molecule has 0 spiro atoms. The van der Waals surface area contributed by atoms with Crippen molar-refractivity contribution in [3.05, 3.63) is 35.0 Å². The lowest BCUT2D eigenvalue weighted by Gasteiger charge is -1.88. The Labute approximate surface area is 89.6 Å². The highest BCUT2D eigenvalue weighted by molar-refractivity contribution is 6.41. The number of furan rings is 1. The molecular formula is C10H6ClNO3. The predicted molar refractivity (Wildman–Crippen MR) is 54.7 cm³/mol. The molecule has 0 unspecified atom stereocenters. The zero-order chi connectivity index (χ0) is 11.0. The molecule has 0 fully saturated rings. The molecule has 5 heteroatoms. The Kier molecular flexibility index (Phi) is 2.21. The van der Waals surface area contributed by atoms with Crippen LogP contribution in [0.1, 0.15) is 10.6 Å². The summed E-state index contributed by atoms with van der Waals surface area (Å²) in [5.41, 5.74) is 5.30. The van der Waals surface area contributed by atoms with E-state index in [-0.39, 0.29) is 5.76 Å². The van der Waals surface area contributed by atoms with Gasteiger partial charge in [0.15, 0.2) is 5.76 Å². The molecule has 2 rings (SSSR count). The van der Waals surface area contributed by atoms with Gasteiger partial charge in [0, 0.05) is 16.5 Å². The summed E-state index contributed by atoms with van der Waals surface area (Å²) in [6, 6.07) is 6.38. The van der Waals surface area contributed by atoms with E-state index >= 15 is 0 Å². The molecule has 1 aromatic carbocycles. The van der Waals surface area contributed by atoms with E-state index in [4.69, 9.17) is 21.8 Å². The average molecular weight is 224 g/mol. The molecule has 0 saturated heterocycles. The first-order valence-electron chi connectivity index (χ1n) is 4.11. The summed E-state index contributed by atoms with van der Waals surface area (Å²) < 4.78 is 5.14. The molecular weight excluding hydrogens is 218 g/mol. The van der Waals surface area contributed by atoms with Crippen molar-refractivity contribution in [3.8, 4) is 0 Å². The predicted octanol–water partition coefficient (Wildman–Crippen LogP) is 1.75. The van der Waals surface area contributed by atoms with Gasteiger partial charge in [0.2, 0.25) is 0 Å². The molecule has 1 heterocycles. The number of hydrogen-bond donors (Lipinski definition) is 1. The SMILES string of the molecule is NC(=O)C(=O)c1cc2ccc(Cl)cc2o1. The molecule has 2 N–H and O–H groups in total. The number of benzene rings is 1. The van der Waals surface area contributed by atoms with E-state index in [1.807, 2.05) is 0 Å². The minimum Gasteiger partial charge on any atom is -0.452 e. The van der Waals surface area contributed by atoms with E-state index in [1.165, 1.54) is 6.07 Å². The van der Waals surface area contributed by atoms with Crippen molar-refractivity contribution in [3.63, 3.8) is 0 Å². The van der Waals surface area contributed by atoms with Crippen molar-refractivity contribution in [2.45, 2.75) is 0 Å². The summed E-state index contributed by atoms with van der Waals surface area (Å²) in [7, 11) is 0. The molecule has 0 bridgehead atoms. The van der Waals surface area contributed by atoms with E-state index in [1.54, 1.807) is 18.2 Å². The largest absolute Gasteiger partial charge is 0.452 e. The van der Waals surface area contributed by atoms with Gasteiger partial charge >= 0.3 is 0 Å². The van der Waals surface area contributed by atoms with Crippen molar-refractivity contribution in [2.75, 3.05) is 0 Å². The second-order valence-corrected chi connectivity index (χ2v) is 3.42. The number of rotatable bonds is 2. The third-order valence-corrected chi connectivity index (χ3v) is 2.16. The van der Waals surface area contributed by atoms with Gasteiger partial charge in [0.05, 0.1) is 0 Å². The number of primary amides is 1. The molecule has 4 nitrogen and oxygen atoms in total. The van der Waals surface area contributed by atoms with Crippen molar-refractivity contribution in [2.24, 2.45) is 5.73 Å². The number of ketones is 1. The standard InChI is InChI=1S/C10H6ClNO3/c11-6-2-1-5-3-8(9(13)10(12)14)15-7(5)4-6/h1-4H,(H2,12,14). The second-order valence-electron chi connectivity index (χ2n) is 2.99. The van der Waals surface area contributed by atoms with Crippen molar-refractivity contribution < 1.29 is 14.0 Å². The third kappa shape index (κ3) is 1.71. The number of fused-ring (bicyclic) bond motifs is 1. The van der Waals surface area contributed by atoms with Gasteiger partial charge in [-0.25, -0.2) is 0 Å². The van der Waals surface area contributed by atoms with Gasteiger partial charge in [0.1, 0.15) is 5.58 Å². The molecule has 1 amide bonds. The van der Waals surface area contributed by atoms with Gasteiger partial charge in [-0.05, 0) is 18.2 Å². The maximum Gasteiger partial charge on any atom is 0.293 e. The molecule has 0 aliphatic rings. The van der Waals surface area contributed by atoms with Crippen LogP contribution in [0.25, 0.3) is 11.0 Å². The van der Waals surface area contributed by atoms with Crippen LogP contribution in [0.3, 0.4) is 0 Å². The topological polar surface area (TPSA) is 73.3 Å². The van der Waals surface area contributed by atoms with Crippen LogP contribution in [0.15, 0.2) is 28.7 Å². The molecule has 1 aromatic heterocycles. The summed E-state index contributed by atoms with van der Waals surface area (Å²) in [5.74, 6) is -1.96. The van der Waals surface area contributed by atoms with Crippen LogP contribution < -0.4 is 5.73 Å². The number of Topliss-reactive ketones (excluding diaryl/α,β-unsaturated/α-hetero) is 1. The fraction of sp³-hybridized carbons (Fsp3) is 0. The first kappa shape index (κ1) is 9.73. The first-order valence-corrected chi connectivity index (χ1v) is 4.49. The van der Waals surface area contributed by atoms with Crippen LogP contribution >= 0.6 is 11.6 Å². The highest BCUT2D eigenvalue weighted by Crippen LogP contribution is 2.23. The Morgan fingerprint density at radius 3 is 2.67 bits per heavy atom. The van der Waals surface area contributed by atoms with Gasteiger partial charge in [-0.2, -0.15) is 0 Å².